The van der Waals surface area contributed by atoms with Crippen molar-refractivity contribution in [2.45, 2.75) is 32.3 Å². The summed E-state index contributed by atoms with van der Waals surface area (Å²) in [6.45, 7) is 4.84. The predicted molar refractivity (Wildman–Crippen MR) is 137 cm³/mol. The molecule has 2 aliphatic rings. The summed E-state index contributed by atoms with van der Waals surface area (Å²) in [6, 6.07) is 10.9. The summed E-state index contributed by atoms with van der Waals surface area (Å²) >= 11 is 0. The highest BCUT2D eigenvalue weighted by atomic mass is 19.1. The third-order valence-corrected chi connectivity index (χ3v) is 6.38. The van der Waals surface area contributed by atoms with Gasteiger partial charge in [0, 0.05) is 30.4 Å². The van der Waals surface area contributed by atoms with Gasteiger partial charge in [-0.05, 0) is 63.1 Å². The zero-order valence-electron chi connectivity index (χ0n) is 20.4. The molecule has 37 heavy (non-hydrogen) atoms. The fourth-order valence-electron chi connectivity index (χ4n) is 4.21. The van der Waals surface area contributed by atoms with E-state index in [1.807, 2.05) is 24.3 Å². The lowest BCUT2D eigenvalue weighted by atomic mass is 9.96. The minimum Gasteiger partial charge on any atom is -0.474 e. The lowest BCUT2D eigenvalue weighted by Crippen LogP contribution is -2.46. The van der Waals surface area contributed by atoms with E-state index >= 15 is 0 Å². The van der Waals surface area contributed by atoms with Gasteiger partial charge in [0.05, 0.1) is 6.20 Å². The third-order valence-electron chi connectivity index (χ3n) is 6.38. The summed E-state index contributed by atoms with van der Waals surface area (Å²) in [5, 5.41) is 8.58. The molecule has 0 spiro atoms. The van der Waals surface area contributed by atoms with Gasteiger partial charge < -0.3 is 31.3 Å². The first kappa shape index (κ1) is 24.2. The van der Waals surface area contributed by atoms with Crippen LogP contribution in [0.5, 0.6) is 5.75 Å². The van der Waals surface area contributed by atoms with Gasteiger partial charge in [0.15, 0.2) is 28.8 Å². The number of benzene rings is 1. The van der Waals surface area contributed by atoms with Crippen LogP contribution in [0.15, 0.2) is 42.6 Å². The molecule has 5 rings (SSSR count). The van der Waals surface area contributed by atoms with Crippen molar-refractivity contribution in [3.05, 3.63) is 48.4 Å². The molecule has 12 heteroatoms. The molecule has 0 saturated carbocycles. The van der Waals surface area contributed by atoms with Gasteiger partial charge in [-0.2, -0.15) is 4.98 Å². The smallest absolute Gasteiger partial charge is 0.269 e. The minimum atomic E-state index is -1.01. The van der Waals surface area contributed by atoms with E-state index in [-0.39, 0.29) is 41.1 Å². The molecule has 5 N–H and O–H groups in total. The van der Waals surface area contributed by atoms with Crippen LogP contribution in [-0.2, 0) is 9.59 Å². The Morgan fingerprint density at radius 1 is 1.14 bits per heavy atom. The van der Waals surface area contributed by atoms with Crippen molar-refractivity contribution in [3.8, 4) is 5.75 Å². The number of nitrogens with one attached hydrogen (secondary N) is 3. The number of rotatable bonds is 6. The van der Waals surface area contributed by atoms with Gasteiger partial charge in [0.1, 0.15) is 5.82 Å². The van der Waals surface area contributed by atoms with Crippen LogP contribution in [0, 0.1) is 11.7 Å². The summed E-state index contributed by atoms with van der Waals surface area (Å²) in [5.41, 5.74) is 6.17. The zero-order valence-corrected chi connectivity index (χ0v) is 20.4. The second-order valence-corrected chi connectivity index (χ2v) is 9.46. The van der Waals surface area contributed by atoms with Gasteiger partial charge in [-0.3, -0.25) is 9.59 Å². The summed E-state index contributed by atoms with van der Waals surface area (Å²) in [6.07, 6.45) is 2.54. The first-order chi connectivity index (χ1) is 17.7. The molecule has 192 valence electrons. The standard InChI is InChI=1S/C25H27FN8O3/c1-25(2)23(36)32-22-18(37-25)7-8-19(31-22)30-21-17(26)13-28-24(33-21)29-15-3-5-16(6-4-15)34-11-9-14(10-12-34)20(27)35/h3-8,13-14H,9-12H2,1-2H3,(H2,27,35)(H3,28,29,30,31,32,33,36). The molecular weight excluding hydrogens is 479 g/mol. The highest BCUT2D eigenvalue weighted by Gasteiger charge is 2.36. The Bertz CT molecular complexity index is 1340. The van der Waals surface area contributed by atoms with E-state index in [1.165, 1.54) is 0 Å². The van der Waals surface area contributed by atoms with E-state index in [9.17, 15) is 14.0 Å². The largest absolute Gasteiger partial charge is 0.474 e. The van der Waals surface area contributed by atoms with Gasteiger partial charge in [-0.1, -0.05) is 0 Å². The number of fused-ring (bicyclic) bond motifs is 1. The number of hydrogen-bond acceptors (Lipinski definition) is 9. The van der Waals surface area contributed by atoms with Crippen LogP contribution in [0.1, 0.15) is 26.7 Å². The molecule has 3 aromatic rings. The Labute approximate surface area is 212 Å². The normalized spacial score (nSPS) is 16.8. The zero-order chi connectivity index (χ0) is 26.2. The van der Waals surface area contributed by atoms with Crippen molar-refractivity contribution in [2.24, 2.45) is 11.7 Å². The summed E-state index contributed by atoms with van der Waals surface area (Å²) in [5.74, 6) is -0.256. The number of ether oxygens (including phenoxy) is 1. The molecule has 1 aromatic carbocycles. The molecule has 0 bridgehead atoms. The summed E-state index contributed by atoms with van der Waals surface area (Å²) in [4.78, 5) is 38.3. The van der Waals surface area contributed by atoms with Crippen molar-refractivity contribution in [3.63, 3.8) is 0 Å². The molecule has 0 radical (unpaired) electrons. The second-order valence-electron chi connectivity index (χ2n) is 9.46. The van der Waals surface area contributed by atoms with Gasteiger partial charge in [0.2, 0.25) is 11.9 Å². The van der Waals surface area contributed by atoms with E-state index in [0.717, 1.165) is 43.5 Å². The monoisotopic (exact) mass is 506 g/mol. The Kier molecular flexibility index (Phi) is 6.24. The average molecular weight is 507 g/mol. The van der Waals surface area contributed by atoms with Crippen molar-refractivity contribution < 1.29 is 18.7 Å². The van der Waals surface area contributed by atoms with Crippen molar-refractivity contribution in [1.82, 2.24) is 15.0 Å². The molecule has 2 aromatic heterocycles. The number of hydrogen-bond donors (Lipinski definition) is 4. The lowest BCUT2D eigenvalue weighted by Gasteiger charge is -2.32. The van der Waals surface area contributed by atoms with Crippen molar-refractivity contribution >= 4 is 46.6 Å². The number of nitrogens with zero attached hydrogens (tertiary/aromatic N) is 4. The van der Waals surface area contributed by atoms with Gasteiger partial charge in [-0.15, -0.1) is 0 Å². The topological polar surface area (TPSA) is 147 Å². The summed E-state index contributed by atoms with van der Waals surface area (Å²) < 4.78 is 20.1. The van der Waals surface area contributed by atoms with Crippen LogP contribution in [0.4, 0.5) is 39.2 Å². The van der Waals surface area contributed by atoms with E-state index in [2.05, 4.69) is 35.8 Å². The Hall–Kier alpha value is -4.48. The Morgan fingerprint density at radius 3 is 2.57 bits per heavy atom. The maximum atomic E-state index is 14.5. The number of nitrogens with two attached hydrogens (primary N) is 1. The number of primary amides is 1. The maximum absolute atomic E-state index is 14.5. The van der Waals surface area contributed by atoms with Crippen LogP contribution < -0.4 is 31.3 Å². The Balaban J connectivity index is 1.25. The Morgan fingerprint density at radius 2 is 1.86 bits per heavy atom. The van der Waals surface area contributed by atoms with E-state index in [0.29, 0.717) is 5.75 Å². The van der Waals surface area contributed by atoms with Crippen LogP contribution in [0.2, 0.25) is 0 Å². The molecule has 1 fully saturated rings. The summed E-state index contributed by atoms with van der Waals surface area (Å²) in [7, 11) is 0. The molecule has 11 nitrogen and oxygen atoms in total. The molecular formula is C25H27FN8O3. The molecule has 0 aliphatic carbocycles. The van der Waals surface area contributed by atoms with Crippen LogP contribution >= 0.6 is 0 Å². The molecule has 2 amide bonds. The number of aromatic nitrogens is 3. The third kappa shape index (κ3) is 5.22. The van der Waals surface area contributed by atoms with Gasteiger partial charge >= 0.3 is 0 Å². The minimum absolute atomic E-state index is 0.0636. The first-order valence-electron chi connectivity index (χ1n) is 11.9. The van der Waals surface area contributed by atoms with Crippen LogP contribution in [0.25, 0.3) is 0 Å². The van der Waals surface area contributed by atoms with Gasteiger partial charge in [-0.25, -0.2) is 14.4 Å². The first-order valence-corrected chi connectivity index (χ1v) is 11.9. The van der Waals surface area contributed by atoms with Gasteiger partial charge in [0.25, 0.3) is 5.91 Å². The molecule has 2 aliphatic heterocycles. The van der Waals surface area contributed by atoms with E-state index < -0.39 is 11.4 Å². The molecule has 0 atom stereocenters. The predicted octanol–water partition coefficient (Wildman–Crippen LogP) is 3.31. The number of anilines is 6. The lowest BCUT2D eigenvalue weighted by molar-refractivity contribution is -0.129. The number of halogens is 1. The number of pyridine rings is 1. The highest BCUT2D eigenvalue weighted by Crippen LogP contribution is 2.33. The van der Waals surface area contributed by atoms with E-state index in [4.69, 9.17) is 10.5 Å². The second kappa shape index (κ2) is 9.52. The number of amides is 2. The fraction of sp³-hybridized carbons (Fsp3) is 0.320. The number of carbonyl (C=O) groups is 2. The quantitative estimate of drug-likeness (QED) is 0.395. The molecule has 0 unspecified atom stereocenters. The van der Waals surface area contributed by atoms with E-state index in [1.54, 1.807) is 26.0 Å². The SMILES string of the molecule is CC1(C)Oc2ccc(Nc3nc(Nc4ccc(N5CCC(C(N)=O)CC5)cc4)ncc3F)nc2NC1=O. The number of piperidine rings is 1. The maximum Gasteiger partial charge on any atom is 0.269 e. The average Bonchev–Trinajstić information content (AvgIpc) is 2.87. The van der Waals surface area contributed by atoms with Crippen LogP contribution in [0.3, 0.4) is 0 Å². The van der Waals surface area contributed by atoms with Crippen molar-refractivity contribution in [2.75, 3.05) is 33.9 Å². The van der Waals surface area contributed by atoms with Crippen molar-refractivity contribution in [1.29, 1.82) is 0 Å². The van der Waals surface area contributed by atoms with Crippen LogP contribution in [-0.4, -0.2) is 45.5 Å². The highest BCUT2D eigenvalue weighted by molar-refractivity contribution is 5.99. The fourth-order valence-corrected chi connectivity index (χ4v) is 4.21. The molecule has 1 saturated heterocycles. The number of carbonyl (C=O) groups excluding carboxylic acids is 2. The molecule has 4 heterocycles.